The summed E-state index contributed by atoms with van der Waals surface area (Å²) in [6, 6.07) is 25.2. The Morgan fingerprint density at radius 1 is 0.295 bits per heavy atom. The lowest BCUT2D eigenvalue weighted by molar-refractivity contribution is 1.28. The van der Waals surface area contributed by atoms with Crippen LogP contribution in [0, 0.1) is 0 Å². The quantitative estimate of drug-likeness (QED) is 0.148. The molecule has 0 saturated heterocycles. The number of nitrogens with zero attached hydrogens (tertiary/aromatic N) is 1. The molecule has 0 amide bonds. The van der Waals surface area contributed by atoms with Crippen molar-refractivity contribution in [2.45, 2.75) is 0 Å². The van der Waals surface area contributed by atoms with E-state index in [4.69, 9.17) is 8.22 Å². The van der Waals surface area contributed by atoms with Crippen molar-refractivity contribution in [3.05, 3.63) is 248 Å². The van der Waals surface area contributed by atoms with Gasteiger partial charge in [0.25, 0.3) is 0 Å². The molecule has 286 valence electrons. The molecule has 0 spiro atoms. The Bertz CT molecular complexity index is 4380. The third-order valence-corrected chi connectivity index (χ3v) is 10.5. The Morgan fingerprint density at radius 2 is 0.803 bits per heavy atom. The van der Waals surface area contributed by atoms with Crippen molar-refractivity contribution in [2.75, 3.05) is 4.90 Å². The van der Waals surface area contributed by atoms with E-state index in [2.05, 4.69) is 0 Å². The first-order valence-electron chi connectivity index (χ1n) is 29.0. The van der Waals surface area contributed by atoms with Crippen LogP contribution < -0.4 is 4.90 Å². The third-order valence-electron chi connectivity index (χ3n) is 10.5. The van der Waals surface area contributed by atoms with E-state index in [0.717, 1.165) is 32.7 Å². The van der Waals surface area contributed by atoms with Crippen LogP contribution in [0.3, 0.4) is 0 Å². The van der Waals surface area contributed by atoms with Gasteiger partial charge in [-0.15, -0.1) is 0 Å². The second kappa shape index (κ2) is 15.6. The Morgan fingerprint density at radius 3 is 1.49 bits per heavy atom. The average molecular weight is 795 g/mol. The smallest absolute Gasteiger partial charge is 0.0645 e. The Hall–Kier alpha value is -8.00. The lowest BCUT2D eigenvalue weighted by Gasteiger charge is -2.26. The molecule has 11 aromatic carbocycles. The van der Waals surface area contributed by atoms with Crippen LogP contribution in [-0.4, -0.2) is 0 Å². The number of anilines is 3. The standard InChI is InChI=1S/C60H41N/c1-2-13-50(14-3-1)60-58-17-9-8-12-48(58)32-39-59(60)49-30-37-57(38-31-49)61(56-35-28-47(29-36-56)54-25-23-43-11-5-7-16-52(43)41-54)55-33-26-45(27-34-55)44-18-20-46(21-19-44)53-24-22-42-10-4-6-15-51(42)40-53/h1-41H/i5D,7D,11D,16D,23D,25D,26D,27D,28D,29D,30D,31D,33D,34D,35D,36D,37D,38D,41D. The van der Waals surface area contributed by atoms with E-state index in [9.17, 15) is 17.8 Å². The zero-order valence-electron chi connectivity index (χ0n) is 51.1. The van der Waals surface area contributed by atoms with Gasteiger partial charge in [-0.05, 0) is 136 Å². The molecule has 11 rings (SSSR count). The predicted octanol–water partition coefficient (Wildman–Crippen LogP) is 17.0. The maximum atomic E-state index is 9.81. The molecule has 0 bridgehead atoms. The monoisotopic (exact) mass is 794 g/mol. The molecule has 0 aromatic heterocycles. The lowest BCUT2D eigenvalue weighted by Crippen LogP contribution is -2.09. The lowest BCUT2D eigenvalue weighted by atomic mass is 9.90. The summed E-state index contributed by atoms with van der Waals surface area (Å²) in [4.78, 5) is 0.664. The van der Waals surface area contributed by atoms with E-state index in [0.29, 0.717) is 21.6 Å². The first kappa shape index (κ1) is 21.3. The van der Waals surface area contributed by atoms with E-state index < -0.39 is 154 Å². The summed E-state index contributed by atoms with van der Waals surface area (Å²) in [5.74, 6) is 0. The van der Waals surface area contributed by atoms with E-state index in [1.807, 2.05) is 97.1 Å². The number of fused-ring (bicyclic) bond motifs is 3. The molecule has 0 aliphatic rings. The molecule has 0 unspecified atom stereocenters. The van der Waals surface area contributed by atoms with E-state index in [-0.39, 0.29) is 16.7 Å². The van der Waals surface area contributed by atoms with Gasteiger partial charge in [-0.2, -0.15) is 0 Å². The molecule has 0 N–H and O–H groups in total. The van der Waals surface area contributed by atoms with Gasteiger partial charge in [0.15, 0.2) is 0 Å². The maximum absolute atomic E-state index is 9.81. The summed E-state index contributed by atoms with van der Waals surface area (Å²) in [7, 11) is 0. The number of hydrogen-bond donors (Lipinski definition) is 0. The zero-order valence-corrected chi connectivity index (χ0v) is 32.1. The van der Waals surface area contributed by atoms with Crippen molar-refractivity contribution in [1.29, 1.82) is 0 Å². The van der Waals surface area contributed by atoms with E-state index in [1.54, 1.807) is 36.4 Å². The maximum Gasteiger partial charge on any atom is 0.0645 e. The molecule has 11 aromatic rings. The highest BCUT2D eigenvalue weighted by atomic mass is 15.1. The largest absolute Gasteiger partial charge is 0.311 e. The number of benzene rings is 11. The van der Waals surface area contributed by atoms with Gasteiger partial charge in [0, 0.05) is 17.1 Å². The molecule has 0 aliphatic heterocycles. The second-order valence-corrected chi connectivity index (χ2v) is 14.2. The summed E-state index contributed by atoms with van der Waals surface area (Å²) in [6.07, 6.45) is 0. The van der Waals surface area contributed by atoms with Gasteiger partial charge in [-0.3, -0.25) is 0 Å². The molecule has 1 nitrogen and oxygen atoms in total. The van der Waals surface area contributed by atoms with Crippen LogP contribution in [-0.2, 0) is 0 Å². The van der Waals surface area contributed by atoms with Crippen molar-refractivity contribution in [1.82, 2.24) is 0 Å². The fourth-order valence-electron chi connectivity index (χ4n) is 7.49. The van der Waals surface area contributed by atoms with Crippen molar-refractivity contribution in [3.8, 4) is 55.6 Å². The predicted molar refractivity (Wildman–Crippen MR) is 261 cm³/mol. The van der Waals surface area contributed by atoms with E-state index >= 15 is 0 Å². The van der Waals surface area contributed by atoms with Gasteiger partial charge in [-0.25, -0.2) is 0 Å². The Balaban J connectivity index is 1.18. The van der Waals surface area contributed by atoms with Crippen LogP contribution in [0.5, 0.6) is 0 Å². The minimum absolute atomic E-state index is 0.170. The van der Waals surface area contributed by atoms with E-state index in [1.165, 1.54) is 0 Å². The molecular weight excluding hydrogens is 735 g/mol. The van der Waals surface area contributed by atoms with Gasteiger partial charge in [0.1, 0.15) is 0 Å². The fourth-order valence-corrected chi connectivity index (χ4v) is 7.49. The number of hydrogen-bond acceptors (Lipinski definition) is 1. The van der Waals surface area contributed by atoms with Gasteiger partial charge >= 0.3 is 0 Å². The molecule has 61 heavy (non-hydrogen) atoms. The molecular formula is C60H41N. The SMILES string of the molecule is [2H]c1c([2H])c(N(c2c([2H])c([2H])c(-c3ccc4ccccc4c3-c3ccccc3)c([2H])c2[2H])c2c([2H])c([2H])c(-c3c([2H])c([2H])c4c([2H])c([2H])c([2H])c([2H])c4c3[2H])c([2H])c2[2H])c([2H])c([2H])c1-c1ccc(-c2ccc3ccccc3c2)cc1. The van der Waals surface area contributed by atoms with Crippen LogP contribution in [0.2, 0.25) is 0 Å². The van der Waals surface area contributed by atoms with Gasteiger partial charge in [-0.1, -0.05) is 200 Å². The Labute approximate surface area is 383 Å². The first-order valence-corrected chi connectivity index (χ1v) is 19.5. The highest BCUT2D eigenvalue weighted by Gasteiger charge is 2.16. The van der Waals surface area contributed by atoms with Crippen LogP contribution >= 0.6 is 0 Å². The zero-order chi connectivity index (χ0) is 57.1. The van der Waals surface area contributed by atoms with Gasteiger partial charge < -0.3 is 4.90 Å². The highest BCUT2D eigenvalue weighted by Crippen LogP contribution is 2.41. The van der Waals surface area contributed by atoms with Crippen LogP contribution in [0.4, 0.5) is 17.1 Å². The molecule has 0 fully saturated rings. The van der Waals surface area contributed by atoms with Crippen molar-refractivity contribution < 1.29 is 26.0 Å². The molecule has 0 saturated carbocycles. The summed E-state index contributed by atoms with van der Waals surface area (Å²) in [5, 5.41) is 2.58. The second-order valence-electron chi connectivity index (χ2n) is 14.2. The topological polar surface area (TPSA) is 3.24 Å². The molecule has 0 radical (unpaired) electrons. The molecule has 0 atom stereocenters. The molecule has 0 aliphatic carbocycles. The summed E-state index contributed by atoms with van der Waals surface area (Å²) in [6.45, 7) is 0. The summed E-state index contributed by atoms with van der Waals surface area (Å²) >= 11 is 0. The van der Waals surface area contributed by atoms with Gasteiger partial charge in [0.2, 0.25) is 0 Å². The Kier molecular flexibility index (Phi) is 5.46. The number of rotatable bonds is 8. The highest BCUT2D eigenvalue weighted by molar-refractivity contribution is 6.04. The average Bonchev–Trinajstić information content (AvgIpc) is 3.66. The molecule has 1 heteroatoms. The third kappa shape index (κ3) is 7.03. The minimum Gasteiger partial charge on any atom is -0.311 e. The fraction of sp³-hybridized carbons (Fsp3) is 0. The van der Waals surface area contributed by atoms with Crippen LogP contribution in [0.1, 0.15) is 26.0 Å². The molecule has 0 heterocycles. The summed E-state index contributed by atoms with van der Waals surface area (Å²) < 4.78 is 177. The summed E-state index contributed by atoms with van der Waals surface area (Å²) in [5.41, 5.74) is -0.700. The first-order chi connectivity index (χ1) is 38.2. The minimum atomic E-state index is -1.03. The van der Waals surface area contributed by atoms with Crippen LogP contribution in [0.15, 0.2) is 248 Å². The van der Waals surface area contributed by atoms with Gasteiger partial charge in [0.05, 0.1) is 26.0 Å². The van der Waals surface area contributed by atoms with Crippen molar-refractivity contribution in [2.24, 2.45) is 0 Å². The normalized spacial score (nSPS) is 15.6. The van der Waals surface area contributed by atoms with Crippen molar-refractivity contribution in [3.63, 3.8) is 0 Å². The van der Waals surface area contributed by atoms with Crippen LogP contribution in [0.25, 0.3) is 88.0 Å². The van der Waals surface area contributed by atoms with Crippen molar-refractivity contribution >= 4 is 49.4 Å².